The Balaban J connectivity index is 2.39. The maximum absolute atomic E-state index is 12.5. The topological polar surface area (TPSA) is 44.0 Å². The zero-order valence-corrected chi connectivity index (χ0v) is 12.1. The first-order valence-corrected chi connectivity index (χ1v) is 7.38. The van der Waals surface area contributed by atoms with Crippen molar-refractivity contribution in [2.24, 2.45) is 0 Å². The molecular formula is C15H17NO2S. The Morgan fingerprint density at radius 2 is 1.95 bits per heavy atom. The first-order valence-electron chi connectivity index (χ1n) is 6.16. The van der Waals surface area contributed by atoms with Gasteiger partial charge in [0.2, 0.25) is 0 Å². The van der Waals surface area contributed by atoms with Crippen molar-refractivity contribution in [1.29, 1.82) is 0 Å². The molecule has 1 aromatic carbocycles. The molecule has 2 aromatic rings. The van der Waals surface area contributed by atoms with E-state index in [2.05, 4.69) is 0 Å². The van der Waals surface area contributed by atoms with E-state index in [1.54, 1.807) is 18.2 Å². The van der Waals surface area contributed by atoms with E-state index in [4.69, 9.17) is 0 Å². The second-order valence-electron chi connectivity index (χ2n) is 4.66. The summed E-state index contributed by atoms with van der Waals surface area (Å²) in [4.78, 5) is 0. The summed E-state index contributed by atoms with van der Waals surface area (Å²) in [5, 5.41) is 11.8. The number of pyridine rings is 1. The van der Waals surface area contributed by atoms with Gasteiger partial charge in [0.25, 0.3) is 5.03 Å². The summed E-state index contributed by atoms with van der Waals surface area (Å²) < 4.78 is 13.2. The van der Waals surface area contributed by atoms with Gasteiger partial charge in [-0.2, -0.15) is 4.73 Å². The van der Waals surface area contributed by atoms with Gasteiger partial charge in [-0.3, -0.25) is 0 Å². The van der Waals surface area contributed by atoms with E-state index in [0.717, 1.165) is 16.7 Å². The normalized spacial score (nSPS) is 14.1. The maximum atomic E-state index is 12.5. The van der Waals surface area contributed by atoms with Crippen LogP contribution < -0.4 is 4.73 Å². The molecule has 0 bridgehead atoms. The predicted molar refractivity (Wildman–Crippen MR) is 76.1 cm³/mol. The summed E-state index contributed by atoms with van der Waals surface area (Å²) in [7, 11) is -1.36. The second kappa shape index (κ2) is 5.53. The zero-order chi connectivity index (χ0) is 14.0. The summed E-state index contributed by atoms with van der Waals surface area (Å²) in [5.41, 5.74) is 3.26. The van der Waals surface area contributed by atoms with Gasteiger partial charge >= 0.3 is 0 Å². The molecule has 0 saturated heterocycles. The van der Waals surface area contributed by atoms with Crippen molar-refractivity contribution in [1.82, 2.24) is 0 Å². The van der Waals surface area contributed by atoms with E-state index >= 15 is 0 Å². The van der Waals surface area contributed by atoms with E-state index in [1.165, 1.54) is 6.20 Å². The molecule has 100 valence electrons. The summed E-state index contributed by atoms with van der Waals surface area (Å²) in [5.74, 6) is 0. The number of benzene rings is 1. The van der Waals surface area contributed by atoms with Gasteiger partial charge < -0.3 is 5.21 Å². The van der Waals surface area contributed by atoms with Crippen molar-refractivity contribution in [2.45, 2.75) is 31.0 Å². The molecule has 0 amide bonds. The number of hydrogen-bond donors (Lipinski definition) is 0. The van der Waals surface area contributed by atoms with Crippen molar-refractivity contribution < 1.29 is 8.94 Å². The lowest BCUT2D eigenvalue weighted by molar-refractivity contribution is -0.646. The molecule has 1 aromatic heterocycles. The molecule has 3 nitrogen and oxygen atoms in total. The summed E-state index contributed by atoms with van der Waals surface area (Å²) in [6, 6.07) is 11.1. The van der Waals surface area contributed by atoms with Gasteiger partial charge in [0, 0.05) is 12.1 Å². The Labute approximate surface area is 116 Å². The fraction of sp³-hybridized carbons (Fsp3) is 0.267. The lowest BCUT2D eigenvalue weighted by Gasteiger charge is -2.14. The molecule has 0 aliphatic carbocycles. The third-order valence-corrected chi connectivity index (χ3v) is 4.81. The van der Waals surface area contributed by atoms with Gasteiger partial charge in [-0.05, 0) is 38.0 Å². The van der Waals surface area contributed by atoms with Crippen LogP contribution in [0.3, 0.4) is 0 Å². The molecule has 19 heavy (non-hydrogen) atoms. The van der Waals surface area contributed by atoms with Gasteiger partial charge in [0.1, 0.15) is 10.8 Å². The minimum atomic E-state index is -1.36. The number of nitrogens with zero attached hydrogens (tertiary/aromatic N) is 1. The predicted octanol–water partition coefficient (Wildman–Crippen LogP) is 2.81. The average molecular weight is 275 g/mol. The molecule has 0 aliphatic heterocycles. The Kier molecular flexibility index (Phi) is 4.00. The van der Waals surface area contributed by atoms with Gasteiger partial charge in [-0.15, -0.1) is 0 Å². The highest BCUT2D eigenvalue weighted by Crippen LogP contribution is 2.26. The van der Waals surface area contributed by atoms with Crippen LogP contribution in [0.5, 0.6) is 0 Å². The highest BCUT2D eigenvalue weighted by atomic mass is 32.2. The molecular weight excluding hydrogens is 258 g/mol. The van der Waals surface area contributed by atoms with Crippen molar-refractivity contribution in [3.8, 4) is 0 Å². The van der Waals surface area contributed by atoms with Crippen molar-refractivity contribution in [3.63, 3.8) is 0 Å². The molecule has 0 fully saturated rings. The first-order chi connectivity index (χ1) is 9.00. The molecule has 0 saturated carbocycles. The number of rotatable bonds is 3. The van der Waals surface area contributed by atoms with E-state index in [1.807, 2.05) is 39.0 Å². The number of hydrogen-bond acceptors (Lipinski definition) is 2. The minimum Gasteiger partial charge on any atom is -0.618 e. The third-order valence-electron chi connectivity index (χ3n) is 3.19. The van der Waals surface area contributed by atoms with Crippen LogP contribution in [0.4, 0.5) is 0 Å². The molecule has 4 heteroatoms. The minimum absolute atomic E-state index is 0.206. The molecule has 2 rings (SSSR count). The summed E-state index contributed by atoms with van der Waals surface area (Å²) in [6.45, 7) is 5.90. The molecule has 2 atom stereocenters. The number of aromatic nitrogens is 1. The fourth-order valence-electron chi connectivity index (χ4n) is 2.06. The van der Waals surface area contributed by atoms with E-state index < -0.39 is 10.8 Å². The fourth-order valence-corrected chi connectivity index (χ4v) is 3.36. The lowest BCUT2D eigenvalue weighted by atomic mass is 10.0. The molecule has 2 unspecified atom stereocenters. The Morgan fingerprint density at radius 3 is 2.63 bits per heavy atom. The van der Waals surface area contributed by atoms with Gasteiger partial charge in [-0.25, -0.2) is 4.21 Å². The van der Waals surface area contributed by atoms with Crippen molar-refractivity contribution >= 4 is 10.8 Å². The van der Waals surface area contributed by atoms with Crippen LogP contribution in [-0.2, 0) is 10.8 Å². The largest absolute Gasteiger partial charge is 0.618 e. The van der Waals surface area contributed by atoms with Crippen molar-refractivity contribution in [2.75, 3.05) is 0 Å². The molecule has 0 aliphatic rings. The number of aryl methyl sites for hydroxylation is 2. The van der Waals surface area contributed by atoms with Crippen molar-refractivity contribution in [3.05, 3.63) is 64.5 Å². The van der Waals surface area contributed by atoms with Crippen LogP contribution in [0.15, 0.2) is 47.6 Å². The Morgan fingerprint density at radius 1 is 1.21 bits per heavy atom. The molecule has 0 spiro atoms. The van der Waals surface area contributed by atoms with Gasteiger partial charge in [0.15, 0.2) is 6.20 Å². The van der Waals surface area contributed by atoms with Gasteiger partial charge in [0.05, 0.1) is 5.25 Å². The van der Waals surface area contributed by atoms with E-state index in [9.17, 15) is 9.42 Å². The highest BCUT2D eigenvalue weighted by molar-refractivity contribution is 7.85. The molecule has 1 heterocycles. The summed E-state index contributed by atoms with van der Waals surface area (Å²) in [6.07, 6.45) is 1.38. The molecule has 0 N–H and O–H groups in total. The maximum Gasteiger partial charge on any atom is 0.282 e. The van der Waals surface area contributed by atoms with E-state index in [0.29, 0.717) is 9.76 Å². The first kappa shape index (κ1) is 13.7. The lowest BCUT2D eigenvalue weighted by Crippen LogP contribution is -2.32. The van der Waals surface area contributed by atoms with Crippen LogP contribution in [-0.4, -0.2) is 4.21 Å². The summed E-state index contributed by atoms with van der Waals surface area (Å²) >= 11 is 0. The van der Waals surface area contributed by atoms with Gasteiger partial charge in [-0.1, -0.05) is 23.8 Å². The Bertz CT molecular complexity index is 625. The molecule has 0 radical (unpaired) electrons. The zero-order valence-electron chi connectivity index (χ0n) is 11.3. The SMILES string of the molecule is Cc1ccc(C)c(C(C)S(=O)c2cccc[n+]2[O-])c1. The quantitative estimate of drug-likeness (QED) is 0.638. The van der Waals surface area contributed by atoms with Crippen LogP contribution in [0, 0.1) is 19.1 Å². The van der Waals surface area contributed by atoms with Crippen LogP contribution in [0.2, 0.25) is 0 Å². The monoisotopic (exact) mass is 275 g/mol. The highest BCUT2D eigenvalue weighted by Gasteiger charge is 2.23. The smallest absolute Gasteiger partial charge is 0.282 e. The van der Waals surface area contributed by atoms with Crippen LogP contribution in [0.25, 0.3) is 0 Å². The average Bonchev–Trinajstić information content (AvgIpc) is 2.40. The van der Waals surface area contributed by atoms with E-state index in [-0.39, 0.29) is 5.25 Å². The second-order valence-corrected chi connectivity index (χ2v) is 6.38. The van der Waals surface area contributed by atoms with Crippen LogP contribution in [0.1, 0.15) is 28.9 Å². The standard InChI is InChI=1S/C15H17NO2S/c1-11-7-8-12(2)14(10-11)13(3)19(18)15-6-4-5-9-16(15)17/h4-10,13H,1-3H3. The Hall–Kier alpha value is -1.68. The van der Waals surface area contributed by atoms with Crippen LogP contribution >= 0.6 is 0 Å². The third kappa shape index (κ3) is 2.84.